The Morgan fingerprint density at radius 3 is 1.75 bits per heavy atom. The summed E-state index contributed by atoms with van der Waals surface area (Å²) in [6.45, 7) is 4.54. The van der Waals surface area contributed by atoms with Crippen molar-refractivity contribution in [2.75, 3.05) is 7.11 Å². The van der Waals surface area contributed by atoms with E-state index in [-0.39, 0.29) is 5.97 Å². The molecular formula is C22H42O2. The maximum atomic E-state index is 11.0. The molecule has 2 heteroatoms. The van der Waals surface area contributed by atoms with Crippen LogP contribution in [-0.4, -0.2) is 13.1 Å². The van der Waals surface area contributed by atoms with E-state index in [1.54, 1.807) is 0 Å². The molecule has 0 aliphatic heterocycles. The molecule has 2 nitrogen and oxygen atoms in total. The lowest BCUT2D eigenvalue weighted by atomic mass is 10.0. The van der Waals surface area contributed by atoms with Crippen LogP contribution in [0.4, 0.5) is 0 Å². The van der Waals surface area contributed by atoms with Gasteiger partial charge in [-0.2, -0.15) is 0 Å². The monoisotopic (exact) mass is 338 g/mol. The Balaban J connectivity index is 3.10. The fourth-order valence-corrected chi connectivity index (χ4v) is 2.87. The molecule has 0 aliphatic carbocycles. The van der Waals surface area contributed by atoms with E-state index in [1.807, 2.05) is 0 Å². The summed E-state index contributed by atoms with van der Waals surface area (Å²) in [5.41, 5.74) is 0. The topological polar surface area (TPSA) is 26.3 Å². The summed E-state index contributed by atoms with van der Waals surface area (Å²) in [6.07, 6.45) is 23.7. The van der Waals surface area contributed by atoms with E-state index in [4.69, 9.17) is 0 Å². The van der Waals surface area contributed by atoms with Gasteiger partial charge in [-0.15, -0.1) is 0 Å². The number of ether oxygens (including phenoxy) is 1. The predicted octanol–water partition coefficient (Wildman–Crippen LogP) is 7.22. The highest BCUT2D eigenvalue weighted by atomic mass is 16.5. The van der Waals surface area contributed by atoms with Crippen LogP contribution in [0.1, 0.15) is 110 Å². The fraction of sp³-hybridized carbons (Fsp3) is 0.864. The number of carbonyl (C=O) groups is 1. The Morgan fingerprint density at radius 2 is 1.29 bits per heavy atom. The number of rotatable bonds is 17. The lowest BCUT2D eigenvalue weighted by Gasteiger charge is -2.03. The quantitative estimate of drug-likeness (QED) is 0.159. The average molecular weight is 339 g/mol. The second-order valence-corrected chi connectivity index (χ2v) is 7.17. The smallest absolute Gasteiger partial charge is 0.305 e. The summed E-state index contributed by atoms with van der Waals surface area (Å²) in [4.78, 5) is 11.0. The second-order valence-electron chi connectivity index (χ2n) is 7.17. The third-order valence-corrected chi connectivity index (χ3v) is 4.84. The zero-order valence-electron chi connectivity index (χ0n) is 16.7. The minimum atomic E-state index is -0.0680. The first-order chi connectivity index (χ1) is 11.7. The van der Waals surface area contributed by atoms with E-state index >= 15 is 0 Å². The number of carbonyl (C=O) groups excluding carboxylic acids is 1. The molecule has 0 heterocycles. The minimum Gasteiger partial charge on any atom is -0.469 e. The number of esters is 1. The van der Waals surface area contributed by atoms with Gasteiger partial charge in [0, 0.05) is 6.42 Å². The highest BCUT2D eigenvalue weighted by Gasteiger charge is 1.99. The lowest BCUT2D eigenvalue weighted by molar-refractivity contribution is -0.140. The van der Waals surface area contributed by atoms with Crippen LogP contribution < -0.4 is 0 Å². The molecule has 0 saturated carbocycles. The maximum absolute atomic E-state index is 11.0. The third-order valence-electron chi connectivity index (χ3n) is 4.84. The van der Waals surface area contributed by atoms with E-state index in [2.05, 4.69) is 30.7 Å². The molecule has 1 unspecified atom stereocenters. The zero-order chi connectivity index (χ0) is 17.9. The molecule has 0 aromatic carbocycles. The molecule has 0 N–H and O–H groups in total. The van der Waals surface area contributed by atoms with Gasteiger partial charge in [0.25, 0.3) is 0 Å². The summed E-state index contributed by atoms with van der Waals surface area (Å²) in [7, 11) is 1.47. The molecule has 0 fully saturated rings. The van der Waals surface area contributed by atoms with Crippen LogP contribution in [-0.2, 0) is 9.53 Å². The molecule has 0 saturated heterocycles. The maximum Gasteiger partial charge on any atom is 0.305 e. The Morgan fingerprint density at radius 1 is 0.833 bits per heavy atom. The van der Waals surface area contributed by atoms with E-state index in [0.29, 0.717) is 6.42 Å². The van der Waals surface area contributed by atoms with Crippen LogP contribution in [0, 0.1) is 5.92 Å². The van der Waals surface area contributed by atoms with E-state index in [1.165, 1.54) is 90.6 Å². The molecule has 0 rings (SSSR count). The van der Waals surface area contributed by atoms with Crippen molar-refractivity contribution in [3.63, 3.8) is 0 Å². The van der Waals surface area contributed by atoms with Crippen molar-refractivity contribution < 1.29 is 9.53 Å². The van der Waals surface area contributed by atoms with E-state index in [0.717, 1.165) is 12.3 Å². The molecule has 0 bridgehead atoms. The summed E-state index contributed by atoms with van der Waals surface area (Å²) < 4.78 is 4.64. The average Bonchev–Trinajstić information content (AvgIpc) is 2.60. The number of hydrogen-bond donors (Lipinski definition) is 0. The summed E-state index contributed by atoms with van der Waals surface area (Å²) in [5.74, 6) is 0.680. The van der Waals surface area contributed by atoms with Gasteiger partial charge in [0.15, 0.2) is 0 Å². The highest BCUT2D eigenvalue weighted by Crippen LogP contribution is 2.13. The molecule has 0 radical (unpaired) electrons. The van der Waals surface area contributed by atoms with Crippen molar-refractivity contribution in [2.24, 2.45) is 5.92 Å². The lowest BCUT2D eigenvalue weighted by Crippen LogP contribution is -1.99. The molecule has 0 amide bonds. The van der Waals surface area contributed by atoms with Crippen LogP contribution >= 0.6 is 0 Å². The molecule has 0 aromatic heterocycles. The van der Waals surface area contributed by atoms with Gasteiger partial charge in [-0.05, 0) is 25.2 Å². The predicted molar refractivity (Wildman–Crippen MR) is 105 cm³/mol. The van der Waals surface area contributed by atoms with Gasteiger partial charge < -0.3 is 4.74 Å². The fourth-order valence-electron chi connectivity index (χ4n) is 2.87. The SMILES string of the molecule is CCC(C)/C=C/CCCCCCCCCCCCCCC(=O)OC. The van der Waals surface area contributed by atoms with Crippen molar-refractivity contribution in [2.45, 2.75) is 110 Å². The molecule has 0 aromatic rings. The van der Waals surface area contributed by atoms with Crippen LogP contribution in [0.15, 0.2) is 12.2 Å². The molecule has 142 valence electrons. The van der Waals surface area contributed by atoms with Crippen molar-refractivity contribution in [1.29, 1.82) is 0 Å². The van der Waals surface area contributed by atoms with Crippen molar-refractivity contribution in [3.8, 4) is 0 Å². The number of unbranched alkanes of at least 4 members (excludes halogenated alkanes) is 12. The highest BCUT2D eigenvalue weighted by molar-refractivity contribution is 5.68. The van der Waals surface area contributed by atoms with Gasteiger partial charge in [-0.1, -0.05) is 96.6 Å². The Hall–Kier alpha value is -0.790. The molecule has 24 heavy (non-hydrogen) atoms. The third kappa shape index (κ3) is 17.6. The van der Waals surface area contributed by atoms with Crippen LogP contribution in [0.5, 0.6) is 0 Å². The number of hydrogen-bond acceptors (Lipinski definition) is 2. The summed E-state index contributed by atoms with van der Waals surface area (Å²) in [5, 5.41) is 0. The second kappa shape index (κ2) is 18.5. The van der Waals surface area contributed by atoms with Gasteiger partial charge in [0.1, 0.15) is 0 Å². The van der Waals surface area contributed by atoms with Gasteiger partial charge in [0.2, 0.25) is 0 Å². The van der Waals surface area contributed by atoms with Crippen LogP contribution in [0.25, 0.3) is 0 Å². The van der Waals surface area contributed by atoms with E-state index < -0.39 is 0 Å². The first-order valence-electron chi connectivity index (χ1n) is 10.4. The van der Waals surface area contributed by atoms with Gasteiger partial charge in [-0.25, -0.2) is 0 Å². The normalized spacial score (nSPS) is 12.6. The van der Waals surface area contributed by atoms with Crippen LogP contribution in [0.2, 0.25) is 0 Å². The molecule has 0 aliphatic rings. The van der Waals surface area contributed by atoms with Gasteiger partial charge >= 0.3 is 5.97 Å². The van der Waals surface area contributed by atoms with E-state index in [9.17, 15) is 4.79 Å². The van der Waals surface area contributed by atoms with Crippen LogP contribution in [0.3, 0.4) is 0 Å². The first kappa shape index (κ1) is 23.2. The van der Waals surface area contributed by atoms with Gasteiger partial charge in [-0.3, -0.25) is 4.79 Å². The largest absolute Gasteiger partial charge is 0.469 e. The zero-order valence-corrected chi connectivity index (χ0v) is 16.7. The summed E-state index contributed by atoms with van der Waals surface area (Å²) >= 11 is 0. The molecular weight excluding hydrogens is 296 g/mol. The standard InChI is InChI=1S/C22H42O2/c1-4-21(2)19-17-15-13-11-9-7-5-6-8-10-12-14-16-18-20-22(23)24-3/h17,19,21H,4-16,18,20H2,1-3H3/b19-17+. The Bertz CT molecular complexity index is 296. The number of methoxy groups -OCH3 is 1. The molecule has 1 atom stereocenters. The van der Waals surface area contributed by atoms with Crippen molar-refractivity contribution in [1.82, 2.24) is 0 Å². The Labute approximate surface area is 151 Å². The minimum absolute atomic E-state index is 0.0680. The van der Waals surface area contributed by atoms with Crippen molar-refractivity contribution in [3.05, 3.63) is 12.2 Å². The first-order valence-corrected chi connectivity index (χ1v) is 10.4. The summed E-state index contributed by atoms with van der Waals surface area (Å²) in [6, 6.07) is 0. The van der Waals surface area contributed by atoms with Gasteiger partial charge in [0.05, 0.1) is 7.11 Å². The molecule has 0 spiro atoms. The number of allylic oxidation sites excluding steroid dienone is 2. The Kier molecular flexibility index (Phi) is 17.9. The van der Waals surface area contributed by atoms with Crippen molar-refractivity contribution >= 4 is 5.97 Å².